The maximum Gasteiger partial charge on any atom is 0.318 e. The van der Waals surface area contributed by atoms with Crippen molar-refractivity contribution in [2.75, 3.05) is 31.6 Å². The second-order valence-electron chi connectivity index (χ2n) is 13.1. The molecule has 1 unspecified atom stereocenters. The number of nitrogens with two attached hydrogens (primary N) is 1. The molecule has 2 saturated heterocycles. The summed E-state index contributed by atoms with van der Waals surface area (Å²) in [5, 5.41) is 4.21. The van der Waals surface area contributed by atoms with Gasteiger partial charge in [-0.15, -0.1) is 0 Å². The SMILES string of the molecule is Cc1cc(N(C)C(N)=O)cc(C)c1/C=C/S(=O)(=O)N1CCC2(CC1)N=C(CCCCCCCCCCC1(C)CCO1)NC2=O. The fourth-order valence-electron chi connectivity index (χ4n) is 6.43. The number of primary amides is 1. The number of carbonyl (C=O) groups is 2. The summed E-state index contributed by atoms with van der Waals surface area (Å²) in [7, 11) is -2.09. The van der Waals surface area contributed by atoms with Crippen LogP contribution in [0.1, 0.15) is 107 Å². The van der Waals surface area contributed by atoms with Crippen molar-refractivity contribution in [1.82, 2.24) is 9.62 Å². The van der Waals surface area contributed by atoms with Crippen molar-refractivity contribution in [3.05, 3.63) is 34.2 Å². The Labute approximate surface area is 263 Å². The molecule has 4 rings (SSSR count). The molecule has 0 bridgehead atoms. The first kappa shape index (κ1) is 34.1. The van der Waals surface area contributed by atoms with Crippen molar-refractivity contribution in [3.63, 3.8) is 0 Å². The van der Waals surface area contributed by atoms with E-state index in [1.54, 1.807) is 25.3 Å². The molecule has 0 radical (unpaired) electrons. The zero-order valence-electron chi connectivity index (χ0n) is 27.0. The number of amides is 3. The van der Waals surface area contributed by atoms with Crippen molar-refractivity contribution in [2.45, 2.75) is 115 Å². The van der Waals surface area contributed by atoms with E-state index in [-0.39, 0.29) is 24.6 Å². The average Bonchev–Trinajstić information content (AvgIpc) is 3.25. The number of aliphatic imine (C=N–C) groups is 1. The van der Waals surface area contributed by atoms with Crippen LogP contribution in [0.4, 0.5) is 10.5 Å². The highest BCUT2D eigenvalue weighted by atomic mass is 32.2. The van der Waals surface area contributed by atoms with Gasteiger partial charge in [-0.05, 0) is 87.8 Å². The number of carbonyl (C=O) groups excluding carboxylic acids is 2. The normalized spacial score (nSPS) is 21.8. The number of ether oxygens (including phenoxy) is 1. The van der Waals surface area contributed by atoms with E-state index in [1.165, 1.54) is 66.0 Å². The molecule has 3 heterocycles. The minimum atomic E-state index is -3.69. The molecule has 3 amide bonds. The number of benzene rings is 1. The largest absolute Gasteiger partial charge is 0.375 e. The zero-order valence-corrected chi connectivity index (χ0v) is 27.8. The lowest BCUT2D eigenvalue weighted by atomic mass is 9.89. The maximum absolute atomic E-state index is 13.2. The summed E-state index contributed by atoms with van der Waals surface area (Å²) in [5.41, 5.74) is 7.77. The number of nitrogens with zero attached hydrogens (tertiary/aromatic N) is 3. The van der Waals surface area contributed by atoms with Crippen molar-refractivity contribution < 1.29 is 22.7 Å². The van der Waals surface area contributed by atoms with Crippen LogP contribution in [0.5, 0.6) is 0 Å². The molecular weight excluding hydrogens is 578 g/mol. The standard InChI is InChI=1S/C33H51N5O5S/c1-25-23-27(37(4)31(34)40)24-26(2)28(25)14-22-44(41,42)38-19-16-33(17-20-38)30(39)35-29(36-33)13-11-9-7-5-6-8-10-12-15-32(3)18-21-43-32/h14,22-24H,5-13,15-21H2,1-4H3,(H2,34,40)(H,35,36,39)/b22-14+. The first-order valence-electron chi connectivity index (χ1n) is 16.2. The Balaban J connectivity index is 1.19. The Morgan fingerprint density at radius 1 is 1.05 bits per heavy atom. The predicted octanol–water partition coefficient (Wildman–Crippen LogP) is 5.56. The number of urea groups is 1. The van der Waals surface area contributed by atoms with Crippen LogP contribution in [0.3, 0.4) is 0 Å². The smallest absolute Gasteiger partial charge is 0.318 e. The second kappa shape index (κ2) is 14.6. The summed E-state index contributed by atoms with van der Waals surface area (Å²) in [4.78, 5) is 30.6. The highest BCUT2D eigenvalue weighted by Gasteiger charge is 2.46. The summed E-state index contributed by atoms with van der Waals surface area (Å²) >= 11 is 0. The van der Waals surface area contributed by atoms with Gasteiger partial charge in [-0.1, -0.05) is 44.9 Å². The number of piperidine rings is 1. The number of sulfonamides is 1. The number of unbranched alkanes of at least 4 members (excludes halogenated alkanes) is 7. The number of anilines is 1. The number of hydrogen-bond acceptors (Lipinski definition) is 6. The molecule has 244 valence electrons. The third kappa shape index (κ3) is 8.48. The van der Waals surface area contributed by atoms with Crippen LogP contribution >= 0.6 is 0 Å². The molecule has 2 fully saturated rings. The lowest BCUT2D eigenvalue weighted by Gasteiger charge is -2.38. The Morgan fingerprint density at radius 2 is 1.61 bits per heavy atom. The van der Waals surface area contributed by atoms with Gasteiger partial charge in [0.15, 0.2) is 0 Å². The highest BCUT2D eigenvalue weighted by molar-refractivity contribution is 7.92. The Kier molecular flexibility index (Phi) is 11.3. The van der Waals surface area contributed by atoms with E-state index in [1.807, 2.05) is 13.8 Å². The van der Waals surface area contributed by atoms with E-state index >= 15 is 0 Å². The molecule has 44 heavy (non-hydrogen) atoms. The summed E-state index contributed by atoms with van der Waals surface area (Å²) in [6.45, 7) is 7.36. The van der Waals surface area contributed by atoms with Crippen LogP contribution in [0, 0.1) is 13.8 Å². The molecular formula is C33H51N5O5S. The molecule has 1 atom stereocenters. The van der Waals surface area contributed by atoms with Gasteiger partial charge in [-0.2, -0.15) is 4.31 Å². The van der Waals surface area contributed by atoms with Crippen LogP contribution in [0.15, 0.2) is 22.5 Å². The lowest BCUT2D eigenvalue weighted by Crippen LogP contribution is -2.50. The van der Waals surface area contributed by atoms with Gasteiger partial charge in [-0.25, -0.2) is 13.2 Å². The van der Waals surface area contributed by atoms with Crippen molar-refractivity contribution in [3.8, 4) is 0 Å². The monoisotopic (exact) mass is 629 g/mol. The van der Waals surface area contributed by atoms with Gasteiger partial charge >= 0.3 is 6.03 Å². The molecule has 3 N–H and O–H groups in total. The van der Waals surface area contributed by atoms with E-state index < -0.39 is 21.6 Å². The quantitative estimate of drug-likeness (QED) is 0.245. The third-order valence-corrected chi connectivity index (χ3v) is 11.2. The summed E-state index contributed by atoms with van der Waals surface area (Å²) in [5.74, 6) is 0.641. The molecule has 0 aliphatic carbocycles. The molecule has 0 aromatic heterocycles. The average molecular weight is 630 g/mol. The van der Waals surface area contributed by atoms with E-state index in [4.69, 9.17) is 15.5 Å². The summed E-state index contributed by atoms with van der Waals surface area (Å²) < 4.78 is 33.4. The fraction of sp³-hybridized carbons (Fsp3) is 0.667. The van der Waals surface area contributed by atoms with E-state index in [9.17, 15) is 18.0 Å². The number of amidine groups is 1. The summed E-state index contributed by atoms with van der Waals surface area (Å²) in [6.07, 6.45) is 15.1. The Morgan fingerprint density at radius 3 is 2.16 bits per heavy atom. The summed E-state index contributed by atoms with van der Waals surface area (Å²) in [6, 6.07) is 3.04. The second-order valence-corrected chi connectivity index (χ2v) is 14.9. The van der Waals surface area contributed by atoms with E-state index in [0.717, 1.165) is 48.4 Å². The molecule has 1 aromatic carbocycles. The molecule has 1 spiro atoms. The van der Waals surface area contributed by atoms with E-state index in [2.05, 4.69) is 12.2 Å². The van der Waals surface area contributed by atoms with Gasteiger partial charge in [0, 0.05) is 37.7 Å². The Hall–Kier alpha value is -2.76. The van der Waals surface area contributed by atoms with Crippen molar-refractivity contribution in [2.24, 2.45) is 10.7 Å². The minimum absolute atomic E-state index is 0.103. The van der Waals surface area contributed by atoms with Gasteiger partial charge < -0.3 is 15.8 Å². The molecule has 10 nitrogen and oxygen atoms in total. The van der Waals surface area contributed by atoms with Gasteiger partial charge in [0.05, 0.1) is 12.2 Å². The van der Waals surface area contributed by atoms with E-state index in [0.29, 0.717) is 18.5 Å². The maximum atomic E-state index is 13.2. The fourth-order valence-corrected chi connectivity index (χ4v) is 7.60. The van der Waals surface area contributed by atoms with Gasteiger partial charge in [0.1, 0.15) is 11.4 Å². The topological polar surface area (TPSA) is 134 Å². The number of rotatable bonds is 15. The number of hydrogen-bond donors (Lipinski definition) is 2. The van der Waals surface area contributed by atoms with Crippen LogP contribution < -0.4 is 16.0 Å². The van der Waals surface area contributed by atoms with Gasteiger partial charge in [0.25, 0.3) is 5.91 Å². The lowest BCUT2D eigenvalue weighted by molar-refractivity contribution is -0.139. The third-order valence-electron chi connectivity index (χ3n) is 9.59. The Bertz CT molecular complexity index is 1340. The zero-order chi connectivity index (χ0) is 32.0. The van der Waals surface area contributed by atoms with Crippen LogP contribution in [0.25, 0.3) is 6.08 Å². The van der Waals surface area contributed by atoms with Crippen LogP contribution in [0.2, 0.25) is 0 Å². The minimum Gasteiger partial charge on any atom is -0.375 e. The highest BCUT2D eigenvalue weighted by Crippen LogP contribution is 2.33. The van der Waals surface area contributed by atoms with Crippen molar-refractivity contribution in [1.29, 1.82) is 0 Å². The number of nitrogens with one attached hydrogen (secondary N) is 1. The molecule has 11 heteroatoms. The van der Waals surface area contributed by atoms with Crippen molar-refractivity contribution >= 4 is 39.6 Å². The van der Waals surface area contributed by atoms with Crippen LogP contribution in [-0.4, -0.2) is 68.4 Å². The first-order valence-corrected chi connectivity index (χ1v) is 17.7. The first-order chi connectivity index (χ1) is 20.8. The number of aryl methyl sites for hydroxylation is 2. The van der Waals surface area contributed by atoms with Crippen LogP contribution in [-0.2, 0) is 19.6 Å². The predicted molar refractivity (Wildman–Crippen MR) is 176 cm³/mol. The molecule has 0 saturated carbocycles. The molecule has 3 aliphatic heterocycles. The van der Waals surface area contributed by atoms with Gasteiger partial charge in [0.2, 0.25) is 10.0 Å². The molecule has 3 aliphatic rings. The van der Waals surface area contributed by atoms with Gasteiger partial charge in [-0.3, -0.25) is 14.7 Å². The molecule has 1 aromatic rings.